The molecule has 1 rings (SSSR count). The van der Waals surface area contributed by atoms with Crippen LogP contribution >= 0.6 is 38.5 Å². The molecule has 0 N–H and O–H groups in total. The summed E-state index contributed by atoms with van der Waals surface area (Å²) >= 11 is 4.69. The monoisotopic (exact) mass is 392 g/mol. The van der Waals surface area contributed by atoms with Crippen LogP contribution in [-0.2, 0) is 6.18 Å². The second-order valence-corrected chi connectivity index (χ2v) is 4.94. The molecule has 1 nitrogen and oxygen atoms in total. The van der Waals surface area contributed by atoms with E-state index in [1.807, 2.05) is 0 Å². The van der Waals surface area contributed by atoms with E-state index in [2.05, 4.69) is 15.9 Å². The zero-order chi connectivity index (χ0) is 11.8. The molecule has 0 atom stereocenters. The van der Waals surface area contributed by atoms with E-state index < -0.39 is 17.5 Å². The van der Waals surface area contributed by atoms with Crippen LogP contribution in [0.4, 0.5) is 13.2 Å². The van der Waals surface area contributed by atoms with Gasteiger partial charge in [-0.05, 0) is 41.6 Å². The zero-order valence-electron chi connectivity index (χ0n) is 7.45. The summed E-state index contributed by atoms with van der Waals surface area (Å²) in [7, 11) is 0. The van der Waals surface area contributed by atoms with Crippen LogP contribution in [0.15, 0.2) is 16.6 Å². The highest BCUT2D eigenvalue weighted by molar-refractivity contribution is 14.1. The first-order valence-corrected chi connectivity index (χ1v) is 5.68. The molecule has 0 radical (unpaired) electrons. The molecule has 0 spiro atoms. The molecule has 0 aliphatic carbocycles. The number of ketones is 1. The fraction of sp³-hybridized carbons (Fsp3) is 0.222. The van der Waals surface area contributed by atoms with Gasteiger partial charge >= 0.3 is 6.18 Å². The van der Waals surface area contributed by atoms with Crippen molar-refractivity contribution in [2.24, 2.45) is 0 Å². The van der Waals surface area contributed by atoms with Gasteiger partial charge in [-0.15, -0.1) is 0 Å². The van der Waals surface area contributed by atoms with Gasteiger partial charge in [-0.2, -0.15) is 13.2 Å². The van der Waals surface area contributed by atoms with Gasteiger partial charge in [0.2, 0.25) is 0 Å². The SMILES string of the molecule is CC(=O)c1c(I)cc(Br)cc1C(F)(F)F. The Morgan fingerprint density at radius 3 is 2.33 bits per heavy atom. The number of carbonyl (C=O) groups is 1. The van der Waals surface area contributed by atoms with E-state index in [1.165, 1.54) is 6.07 Å². The van der Waals surface area contributed by atoms with E-state index in [9.17, 15) is 18.0 Å². The standard InChI is InChI=1S/C9H5BrF3IO/c1-4(15)8-6(9(11,12)13)2-5(10)3-7(8)14/h2-3H,1H3. The number of halogens is 5. The number of Topliss-reactive ketones (excluding diaryl/α,β-unsaturated/α-hetero) is 1. The molecule has 0 bridgehead atoms. The van der Waals surface area contributed by atoms with Crippen molar-refractivity contribution in [3.8, 4) is 0 Å². The number of hydrogen-bond donors (Lipinski definition) is 0. The van der Waals surface area contributed by atoms with Gasteiger partial charge in [0.15, 0.2) is 5.78 Å². The second-order valence-electron chi connectivity index (χ2n) is 2.86. The maximum Gasteiger partial charge on any atom is 0.417 e. The van der Waals surface area contributed by atoms with E-state index >= 15 is 0 Å². The van der Waals surface area contributed by atoms with Crippen molar-refractivity contribution in [2.75, 3.05) is 0 Å². The minimum Gasteiger partial charge on any atom is -0.294 e. The molecule has 15 heavy (non-hydrogen) atoms. The summed E-state index contributed by atoms with van der Waals surface area (Å²) in [6.45, 7) is 1.13. The van der Waals surface area contributed by atoms with Gasteiger partial charge in [0, 0.05) is 13.6 Å². The van der Waals surface area contributed by atoms with Gasteiger partial charge < -0.3 is 0 Å². The summed E-state index contributed by atoms with van der Waals surface area (Å²) in [6, 6.07) is 2.39. The Hall–Kier alpha value is -0.110. The Morgan fingerprint density at radius 1 is 1.40 bits per heavy atom. The first kappa shape index (κ1) is 13.0. The molecule has 0 aromatic heterocycles. The van der Waals surface area contributed by atoms with Crippen molar-refractivity contribution in [2.45, 2.75) is 13.1 Å². The summed E-state index contributed by atoms with van der Waals surface area (Å²) < 4.78 is 38.4. The Balaban J connectivity index is 3.54. The molecule has 0 aliphatic rings. The fourth-order valence-electron chi connectivity index (χ4n) is 1.15. The average Bonchev–Trinajstić information content (AvgIpc) is 1.99. The molecule has 0 heterocycles. The maximum absolute atomic E-state index is 12.6. The van der Waals surface area contributed by atoms with Crippen molar-refractivity contribution in [3.63, 3.8) is 0 Å². The van der Waals surface area contributed by atoms with Crippen LogP contribution in [-0.4, -0.2) is 5.78 Å². The highest BCUT2D eigenvalue weighted by Gasteiger charge is 2.35. The third-order valence-corrected chi connectivity index (χ3v) is 3.02. The van der Waals surface area contributed by atoms with E-state index in [4.69, 9.17) is 0 Å². The molecule has 0 fully saturated rings. The molecule has 82 valence electrons. The van der Waals surface area contributed by atoms with Gasteiger partial charge in [0.1, 0.15) is 0 Å². The predicted octanol–water partition coefficient (Wildman–Crippen LogP) is 4.28. The molecular formula is C9H5BrF3IO. The normalized spacial score (nSPS) is 11.6. The van der Waals surface area contributed by atoms with Gasteiger partial charge in [0.05, 0.1) is 5.56 Å². The molecular weight excluding hydrogens is 388 g/mol. The van der Waals surface area contributed by atoms with Gasteiger partial charge in [0.25, 0.3) is 0 Å². The number of hydrogen-bond acceptors (Lipinski definition) is 1. The van der Waals surface area contributed by atoms with Crippen molar-refractivity contribution < 1.29 is 18.0 Å². The lowest BCUT2D eigenvalue weighted by atomic mass is 10.0. The molecule has 0 saturated carbocycles. The lowest BCUT2D eigenvalue weighted by Crippen LogP contribution is -2.13. The smallest absolute Gasteiger partial charge is 0.294 e. The third-order valence-electron chi connectivity index (χ3n) is 1.71. The number of alkyl halides is 3. The predicted molar refractivity (Wildman–Crippen MR) is 61.9 cm³/mol. The van der Waals surface area contributed by atoms with Crippen LogP contribution < -0.4 is 0 Å². The quantitative estimate of drug-likeness (QED) is 0.515. The van der Waals surface area contributed by atoms with E-state index in [1.54, 1.807) is 22.6 Å². The number of carbonyl (C=O) groups excluding carboxylic acids is 1. The third kappa shape index (κ3) is 2.93. The molecule has 0 unspecified atom stereocenters. The highest BCUT2D eigenvalue weighted by atomic mass is 127. The van der Waals surface area contributed by atoms with E-state index in [0.717, 1.165) is 13.0 Å². The summed E-state index contributed by atoms with van der Waals surface area (Å²) in [6.07, 6.45) is -4.51. The first-order chi connectivity index (χ1) is 6.73. The van der Waals surface area contributed by atoms with Crippen LogP contribution in [0.2, 0.25) is 0 Å². The van der Waals surface area contributed by atoms with Crippen LogP contribution in [0.25, 0.3) is 0 Å². The summed E-state index contributed by atoms with van der Waals surface area (Å²) in [5.41, 5.74) is -1.17. The lowest BCUT2D eigenvalue weighted by molar-refractivity contribution is -0.138. The molecule has 0 saturated heterocycles. The van der Waals surface area contributed by atoms with Crippen molar-refractivity contribution in [1.29, 1.82) is 0 Å². The Bertz CT molecular complexity index is 415. The minimum absolute atomic E-state index is 0.272. The van der Waals surface area contributed by atoms with Gasteiger partial charge in [-0.25, -0.2) is 0 Å². The molecule has 6 heteroatoms. The lowest BCUT2D eigenvalue weighted by Gasteiger charge is -2.13. The zero-order valence-corrected chi connectivity index (χ0v) is 11.2. The Morgan fingerprint density at radius 2 is 1.93 bits per heavy atom. The first-order valence-electron chi connectivity index (χ1n) is 3.80. The number of rotatable bonds is 1. The fourth-order valence-corrected chi connectivity index (χ4v) is 3.05. The van der Waals surface area contributed by atoms with Gasteiger partial charge in [-0.3, -0.25) is 4.79 Å². The number of benzene rings is 1. The van der Waals surface area contributed by atoms with Crippen LogP contribution in [0.5, 0.6) is 0 Å². The Labute approximate surface area is 106 Å². The van der Waals surface area contributed by atoms with Gasteiger partial charge in [-0.1, -0.05) is 15.9 Å². The second kappa shape index (κ2) is 4.40. The summed E-state index contributed by atoms with van der Waals surface area (Å²) in [5, 5.41) is 0. The summed E-state index contributed by atoms with van der Waals surface area (Å²) in [5.74, 6) is -0.584. The average molecular weight is 393 g/mol. The highest BCUT2D eigenvalue weighted by Crippen LogP contribution is 2.36. The van der Waals surface area contributed by atoms with Crippen LogP contribution in [0, 0.1) is 3.57 Å². The van der Waals surface area contributed by atoms with Crippen molar-refractivity contribution in [3.05, 3.63) is 31.3 Å². The largest absolute Gasteiger partial charge is 0.417 e. The Kier molecular flexibility index (Phi) is 3.80. The van der Waals surface area contributed by atoms with Crippen LogP contribution in [0.1, 0.15) is 22.8 Å². The van der Waals surface area contributed by atoms with E-state index in [-0.39, 0.29) is 5.56 Å². The van der Waals surface area contributed by atoms with Crippen molar-refractivity contribution in [1.82, 2.24) is 0 Å². The maximum atomic E-state index is 12.6. The molecule has 0 amide bonds. The van der Waals surface area contributed by atoms with E-state index in [0.29, 0.717) is 8.04 Å². The van der Waals surface area contributed by atoms with Crippen molar-refractivity contribution >= 4 is 44.3 Å². The molecule has 1 aromatic rings. The summed E-state index contributed by atoms with van der Waals surface area (Å²) in [4.78, 5) is 11.1. The molecule has 1 aromatic carbocycles. The molecule has 0 aliphatic heterocycles. The van der Waals surface area contributed by atoms with Crippen LogP contribution in [0.3, 0.4) is 0 Å². The topological polar surface area (TPSA) is 17.1 Å². The minimum atomic E-state index is -4.51.